The molecular weight excluding hydrogens is 427 g/mol. The lowest BCUT2D eigenvalue weighted by Gasteiger charge is -2.31. The van der Waals surface area contributed by atoms with Crippen molar-refractivity contribution in [2.45, 2.75) is 25.2 Å². The monoisotopic (exact) mass is 448 g/mol. The summed E-state index contributed by atoms with van der Waals surface area (Å²) in [5.74, 6) is 1.00. The third-order valence-corrected chi connectivity index (χ3v) is 6.90. The fourth-order valence-electron chi connectivity index (χ4n) is 4.85. The normalized spacial score (nSPS) is 22.8. The molecule has 0 fully saturated rings. The van der Waals surface area contributed by atoms with E-state index in [-0.39, 0.29) is 5.41 Å². The highest BCUT2D eigenvalue weighted by molar-refractivity contribution is 14.1. The first-order chi connectivity index (χ1) is 12.6. The Morgan fingerprint density at radius 3 is 2.62 bits per heavy atom. The summed E-state index contributed by atoms with van der Waals surface area (Å²) in [5.41, 5.74) is 5.88. The van der Waals surface area contributed by atoms with Crippen molar-refractivity contribution in [3.63, 3.8) is 0 Å². The molecule has 26 heavy (non-hydrogen) atoms. The molecule has 128 valence electrons. The van der Waals surface area contributed by atoms with Crippen molar-refractivity contribution in [2.75, 3.05) is 0 Å². The molecular formula is C25H21I. The van der Waals surface area contributed by atoms with Crippen molar-refractivity contribution in [3.05, 3.63) is 99.2 Å². The van der Waals surface area contributed by atoms with E-state index in [1.165, 1.54) is 36.6 Å². The van der Waals surface area contributed by atoms with Gasteiger partial charge in [0, 0.05) is 9.49 Å². The Morgan fingerprint density at radius 1 is 0.923 bits per heavy atom. The number of allylic oxidation sites excluding steroid dienone is 4. The number of halogens is 1. The van der Waals surface area contributed by atoms with Crippen LogP contribution in [0.15, 0.2) is 78.9 Å². The standard InChI is InChI=1S/C25H21I/c1-25(2)23-14-17(20-9-5-7-16-6-3-4-8-19(16)20)10-12-21(23)22-13-11-18(26)15-24(22)25/h3-15,21,23H,1-2H3. The van der Waals surface area contributed by atoms with Gasteiger partial charge in [0.05, 0.1) is 0 Å². The lowest BCUT2D eigenvalue weighted by Crippen LogP contribution is -2.25. The predicted molar refractivity (Wildman–Crippen MR) is 119 cm³/mol. The van der Waals surface area contributed by atoms with Crippen molar-refractivity contribution in [1.29, 1.82) is 0 Å². The summed E-state index contributed by atoms with van der Waals surface area (Å²) < 4.78 is 1.33. The van der Waals surface area contributed by atoms with E-state index >= 15 is 0 Å². The molecule has 0 saturated heterocycles. The summed E-state index contributed by atoms with van der Waals surface area (Å²) in [4.78, 5) is 0. The molecule has 3 aromatic rings. The first-order valence-corrected chi connectivity index (χ1v) is 10.3. The van der Waals surface area contributed by atoms with Crippen LogP contribution in [-0.4, -0.2) is 0 Å². The molecule has 5 rings (SSSR count). The van der Waals surface area contributed by atoms with Gasteiger partial charge in [0.15, 0.2) is 0 Å². The molecule has 2 aliphatic carbocycles. The highest BCUT2D eigenvalue weighted by atomic mass is 127. The summed E-state index contributed by atoms with van der Waals surface area (Å²) >= 11 is 2.43. The van der Waals surface area contributed by atoms with Gasteiger partial charge >= 0.3 is 0 Å². The van der Waals surface area contributed by atoms with E-state index in [0.717, 1.165) is 0 Å². The fraction of sp³-hybridized carbons (Fsp3) is 0.200. The second-order valence-electron chi connectivity index (χ2n) is 8.01. The number of benzene rings is 3. The average molecular weight is 448 g/mol. The molecule has 0 aliphatic heterocycles. The molecule has 3 aromatic carbocycles. The van der Waals surface area contributed by atoms with E-state index in [1.807, 2.05) is 0 Å². The van der Waals surface area contributed by atoms with E-state index in [9.17, 15) is 0 Å². The summed E-state index contributed by atoms with van der Waals surface area (Å²) in [7, 11) is 0. The summed E-state index contributed by atoms with van der Waals surface area (Å²) in [5, 5.41) is 2.65. The van der Waals surface area contributed by atoms with Gasteiger partial charge in [-0.2, -0.15) is 0 Å². The van der Waals surface area contributed by atoms with Crippen molar-refractivity contribution >= 4 is 38.9 Å². The van der Waals surface area contributed by atoms with Gasteiger partial charge in [0.2, 0.25) is 0 Å². The van der Waals surface area contributed by atoms with Crippen LogP contribution in [0, 0.1) is 9.49 Å². The SMILES string of the molecule is CC1(C)c2cc(I)ccc2C2C=CC(c3cccc4ccccc34)=CC21. The Bertz CT molecular complexity index is 1080. The third kappa shape index (κ3) is 2.33. The second kappa shape index (κ2) is 5.82. The molecule has 0 spiro atoms. The van der Waals surface area contributed by atoms with E-state index in [1.54, 1.807) is 0 Å². The quantitative estimate of drug-likeness (QED) is 0.349. The molecule has 1 heteroatoms. The average Bonchev–Trinajstić information content (AvgIpc) is 2.88. The van der Waals surface area contributed by atoms with Gasteiger partial charge in [-0.25, -0.2) is 0 Å². The molecule has 0 saturated carbocycles. The smallest absolute Gasteiger partial charge is 0.0133 e. The summed E-state index contributed by atoms with van der Waals surface area (Å²) in [6.45, 7) is 4.81. The van der Waals surface area contributed by atoms with Crippen LogP contribution in [-0.2, 0) is 5.41 Å². The maximum atomic E-state index is 2.53. The molecule has 2 atom stereocenters. The zero-order chi connectivity index (χ0) is 17.9. The van der Waals surface area contributed by atoms with Crippen LogP contribution >= 0.6 is 22.6 Å². The van der Waals surface area contributed by atoms with Gasteiger partial charge in [-0.05, 0) is 79.1 Å². The lowest BCUT2D eigenvalue weighted by atomic mass is 9.72. The second-order valence-corrected chi connectivity index (χ2v) is 9.26. The van der Waals surface area contributed by atoms with Crippen molar-refractivity contribution < 1.29 is 0 Å². The lowest BCUT2D eigenvalue weighted by molar-refractivity contribution is 0.395. The number of hydrogen-bond donors (Lipinski definition) is 0. The Labute approximate surface area is 168 Å². The van der Waals surface area contributed by atoms with Crippen molar-refractivity contribution in [3.8, 4) is 0 Å². The van der Waals surface area contributed by atoms with Crippen LogP contribution in [0.5, 0.6) is 0 Å². The van der Waals surface area contributed by atoms with Gasteiger partial charge in [-0.15, -0.1) is 0 Å². The van der Waals surface area contributed by atoms with Gasteiger partial charge < -0.3 is 0 Å². The van der Waals surface area contributed by atoms with Crippen LogP contribution in [0.3, 0.4) is 0 Å². The highest BCUT2D eigenvalue weighted by Crippen LogP contribution is 2.54. The molecule has 0 N–H and O–H groups in total. The zero-order valence-corrected chi connectivity index (χ0v) is 17.2. The molecule has 0 heterocycles. The Hall–Kier alpha value is -1.87. The zero-order valence-electron chi connectivity index (χ0n) is 15.0. The predicted octanol–water partition coefficient (Wildman–Crippen LogP) is 7.09. The van der Waals surface area contributed by atoms with Crippen LogP contribution in [0.1, 0.15) is 36.5 Å². The van der Waals surface area contributed by atoms with Crippen LogP contribution < -0.4 is 0 Å². The Balaban J connectivity index is 1.66. The minimum atomic E-state index is 0.155. The van der Waals surface area contributed by atoms with Gasteiger partial charge in [0.1, 0.15) is 0 Å². The third-order valence-electron chi connectivity index (χ3n) is 6.23. The fourth-order valence-corrected chi connectivity index (χ4v) is 5.34. The molecule has 2 unspecified atom stereocenters. The van der Waals surface area contributed by atoms with Crippen LogP contribution in [0.2, 0.25) is 0 Å². The van der Waals surface area contributed by atoms with E-state index in [0.29, 0.717) is 11.8 Å². The Morgan fingerprint density at radius 2 is 1.73 bits per heavy atom. The van der Waals surface area contributed by atoms with E-state index < -0.39 is 0 Å². The van der Waals surface area contributed by atoms with Gasteiger partial charge in [-0.3, -0.25) is 0 Å². The molecule has 0 radical (unpaired) electrons. The maximum absolute atomic E-state index is 2.53. The summed E-state index contributed by atoms with van der Waals surface area (Å²) in [6.07, 6.45) is 7.30. The molecule has 0 bridgehead atoms. The van der Waals surface area contributed by atoms with E-state index in [4.69, 9.17) is 0 Å². The van der Waals surface area contributed by atoms with Crippen LogP contribution in [0.4, 0.5) is 0 Å². The maximum Gasteiger partial charge on any atom is 0.0133 e. The first kappa shape index (κ1) is 16.3. The summed E-state index contributed by atoms with van der Waals surface area (Å²) in [6, 6.07) is 22.3. The van der Waals surface area contributed by atoms with E-state index in [2.05, 4.69) is 115 Å². The topological polar surface area (TPSA) is 0 Å². The number of fused-ring (bicyclic) bond motifs is 4. The van der Waals surface area contributed by atoms with Gasteiger partial charge in [0.25, 0.3) is 0 Å². The molecule has 0 amide bonds. The number of hydrogen-bond acceptors (Lipinski definition) is 0. The molecule has 0 aromatic heterocycles. The van der Waals surface area contributed by atoms with Crippen LogP contribution in [0.25, 0.3) is 16.3 Å². The minimum absolute atomic E-state index is 0.155. The largest absolute Gasteiger partial charge is 0.0758 e. The highest BCUT2D eigenvalue weighted by Gasteiger charge is 2.45. The van der Waals surface area contributed by atoms with Crippen molar-refractivity contribution in [1.82, 2.24) is 0 Å². The molecule has 2 aliphatic rings. The Kier molecular flexibility index (Phi) is 3.65. The minimum Gasteiger partial charge on any atom is -0.0758 e. The number of rotatable bonds is 1. The van der Waals surface area contributed by atoms with Gasteiger partial charge in [-0.1, -0.05) is 80.6 Å². The first-order valence-electron chi connectivity index (χ1n) is 9.24. The molecule has 0 nitrogen and oxygen atoms in total. The van der Waals surface area contributed by atoms with Crippen molar-refractivity contribution in [2.24, 2.45) is 5.92 Å².